The summed E-state index contributed by atoms with van der Waals surface area (Å²) < 4.78 is 11.5. The number of carbonyl (C=O) groups is 2. The molecule has 0 radical (unpaired) electrons. The van der Waals surface area contributed by atoms with Gasteiger partial charge in [0.15, 0.2) is 6.61 Å². The van der Waals surface area contributed by atoms with E-state index in [-0.39, 0.29) is 5.91 Å². The minimum absolute atomic E-state index is 0.246. The molecule has 232 valence electrons. The fraction of sp³-hybridized carbons (Fsp3) is 0.250. The highest BCUT2D eigenvalue weighted by atomic mass is 35.5. The maximum absolute atomic E-state index is 13.4. The minimum atomic E-state index is -1.12. The second kappa shape index (κ2) is 17.1. The number of nitrogens with zero attached hydrogens (tertiary/aromatic N) is 1. The van der Waals surface area contributed by atoms with E-state index in [2.05, 4.69) is 11.4 Å². The average Bonchev–Trinajstić information content (AvgIpc) is 3.04. The number of carboxylic acids is 1. The standard InChI is InChI=1S/C36H34Cl2N2O5/c37-29-13-8-11-26(19-29)32-21-28(22-33(35(32)45-24-34(41)42)27-12-9-14-30(38)20-27)36(43)40-16-5-3-1-2-4-6-17-44-31-15-7-10-25(18-31)23-39/h7-15,18-22H,1-6,16-17,24H2,(H,40,43)(H,41,42). The highest BCUT2D eigenvalue weighted by molar-refractivity contribution is 6.31. The van der Waals surface area contributed by atoms with E-state index in [0.29, 0.717) is 68.1 Å². The Kier molecular flexibility index (Phi) is 12.7. The molecule has 4 aromatic rings. The summed E-state index contributed by atoms with van der Waals surface area (Å²) in [6.07, 6.45) is 5.91. The van der Waals surface area contributed by atoms with Crippen LogP contribution in [0.15, 0.2) is 84.9 Å². The van der Waals surface area contributed by atoms with Crippen molar-refractivity contribution in [2.45, 2.75) is 38.5 Å². The zero-order chi connectivity index (χ0) is 32.0. The molecular formula is C36H34Cl2N2O5. The van der Waals surface area contributed by atoms with E-state index >= 15 is 0 Å². The maximum atomic E-state index is 13.4. The van der Waals surface area contributed by atoms with Crippen LogP contribution >= 0.6 is 23.2 Å². The summed E-state index contributed by atoms with van der Waals surface area (Å²) in [5.41, 5.74) is 3.45. The van der Waals surface area contributed by atoms with Crippen LogP contribution in [-0.2, 0) is 4.79 Å². The second-order valence-electron chi connectivity index (χ2n) is 10.5. The van der Waals surface area contributed by atoms with Crippen LogP contribution in [-0.4, -0.2) is 36.7 Å². The van der Waals surface area contributed by atoms with Crippen molar-refractivity contribution in [3.05, 3.63) is 106 Å². The number of aliphatic carboxylic acids is 1. The summed E-state index contributed by atoms with van der Waals surface area (Å²) >= 11 is 12.6. The van der Waals surface area contributed by atoms with Crippen molar-refractivity contribution in [3.8, 4) is 39.8 Å². The van der Waals surface area contributed by atoms with Crippen LogP contribution in [0.4, 0.5) is 0 Å². The summed E-state index contributed by atoms with van der Waals surface area (Å²) in [5, 5.41) is 22.4. The molecule has 9 heteroatoms. The molecule has 0 aliphatic rings. The minimum Gasteiger partial charge on any atom is -0.494 e. The summed E-state index contributed by atoms with van der Waals surface area (Å²) in [4.78, 5) is 24.8. The first-order valence-corrected chi connectivity index (χ1v) is 15.6. The van der Waals surface area contributed by atoms with Crippen LogP contribution in [0, 0.1) is 11.3 Å². The third-order valence-electron chi connectivity index (χ3n) is 7.05. The molecule has 0 unspecified atom stereocenters. The number of unbranched alkanes of at least 4 members (excludes halogenated alkanes) is 5. The van der Waals surface area contributed by atoms with Gasteiger partial charge in [0, 0.05) is 33.3 Å². The van der Waals surface area contributed by atoms with Gasteiger partial charge in [-0.1, -0.05) is 79.2 Å². The summed E-state index contributed by atoms with van der Waals surface area (Å²) in [7, 11) is 0. The van der Waals surface area contributed by atoms with Gasteiger partial charge in [0.2, 0.25) is 0 Å². The number of halogens is 2. The molecule has 0 atom stereocenters. The molecule has 0 aliphatic carbocycles. The number of rotatable bonds is 16. The molecule has 0 spiro atoms. The van der Waals surface area contributed by atoms with Crippen LogP contribution in [0.25, 0.3) is 22.3 Å². The van der Waals surface area contributed by atoms with Crippen molar-refractivity contribution in [3.63, 3.8) is 0 Å². The monoisotopic (exact) mass is 644 g/mol. The number of hydrogen-bond donors (Lipinski definition) is 2. The third-order valence-corrected chi connectivity index (χ3v) is 7.52. The van der Waals surface area contributed by atoms with E-state index in [9.17, 15) is 14.7 Å². The maximum Gasteiger partial charge on any atom is 0.341 e. The van der Waals surface area contributed by atoms with Crippen molar-refractivity contribution in [2.24, 2.45) is 0 Å². The molecule has 0 bridgehead atoms. The number of amides is 1. The van der Waals surface area contributed by atoms with Gasteiger partial charge in [0.05, 0.1) is 18.2 Å². The number of carbonyl (C=O) groups excluding carboxylic acids is 1. The van der Waals surface area contributed by atoms with Gasteiger partial charge in [-0.2, -0.15) is 5.26 Å². The van der Waals surface area contributed by atoms with Gasteiger partial charge in [-0.05, 0) is 78.6 Å². The molecule has 0 saturated heterocycles. The fourth-order valence-corrected chi connectivity index (χ4v) is 5.25. The van der Waals surface area contributed by atoms with E-state index in [1.54, 1.807) is 60.7 Å². The predicted octanol–water partition coefficient (Wildman–Crippen LogP) is 8.81. The lowest BCUT2D eigenvalue weighted by atomic mass is 9.94. The van der Waals surface area contributed by atoms with Gasteiger partial charge in [-0.3, -0.25) is 4.79 Å². The van der Waals surface area contributed by atoms with Crippen LogP contribution in [0.5, 0.6) is 11.5 Å². The average molecular weight is 646 g/mol. The Bertz CT molecular complexity index is 1600. The zero-order valence-electron chi connectivity index (χ0n) is 24.7. The van der Waals surface area contributed by atoms with E-state index in [1.807, 2.05) is 24.3 Å². The number of nitriles is 1. The van der Waals surface area contributed by atoms with Gasteiger partial charge < -0.3 is 19.9 Å². The van der Waals surface area contributed by atoms with Gasteiger partial charge in [0.1, 0.15) is 11.5 Å². The molecule has 4 aromatic carbocycles. The topological polar surface area (TPSA) is 109 Å². The molecule has 45 heavy (non-hydrogen) atoms. The Morgan fingerprint density at radius 2 is 1.36 bits per heavy atom. The van der Waals surface area contributed by atoms with E-state index in [4.69, 9.17) is 37.9 Å². The molecular weight excluding hydrogens is 611 g/mol. The number of nitrogens with one attached hydrogen (secondary N) is 1. The summed E-state index contributed by atoms with van der Waals surface area (Å²) in [5.74, 6) is -0.336. The first kappa shape index (κ1) is 33.4. The Balaban J connectivity index is 1.36. The molecule has 1 amide bonds. The van der Waals surface area contributed by atoms with Crippen molar-refractivity contribution < 1.29 is 24.2 Å². The van der Waals surface area contributed by atoms with Crippen molar-refractivity contribution in [1.29, 1.82) is 5.26 Å². The molecule has 0 aliphatic heterocycles. The Morgan fingerprint density at radius 1 is 0.756 bits per heavy atom. The first-order chi connectivity index (χ1) is 21.8. The van der Waals surface area contributed by atoms with Crippen molar-refractivity contribution in [2.75, 3.05) is 19.8 Å². The zero-order valence-corrected chi connectivity index (χ0v) is 26.2. The lowest BCUT2D eigenvalue weighted by Crippen LogP contribution is -2.24. The third kappa shape index (κ3) is 10.3. The lowest BCUT2D eigenvalue weighted by Gasteiger charge is -2.18. The molecule has 2 N–H and O–H groups in total. The Labute approximate surface area is 273 Å². The molecule has 0 fully saturated rings. The SMILES string of the molecule is N#Cc1cccc(OCCCCCCCCNC(=O)c2cc(-c3cccc(Cl)c3)c(OCC(=O)O)c(-c3cccc(Cl)c3)c2)c1. The van der Waals surface area contributed by atoms with Crippen molar-refractivity contribution in [1.82, 2.24) is 5.32 Å². The number of ether oxygens (including phenoxy) is 2. The van der Waals surface area contributed by atoms with Crippen LogP contribution in [0.2, 0.25) is 10.0 Å². The fourth-order valence-electron chi connectivity index (χ4n) is 4.87. The van der Waals surface area contributed by atoms with E-state index < -0.39 is 12.6 Å². The Morgan fingerprint density at radius 3 is 1.96 bits per heavy atom. The van der Waals surface area contributed by atoms with Gasteiger partial charge in [0.25, 0.3) is 5.91 Å². The quantitative estimate of drug-likeness (QED) is 0.118. The van der Waals surface area contributed by atoms with Gasteiger partial charge in [-0.25, -0.2) is 4.79 Å². The van der Waals surface area contributed by atoms with Crippen molar-refractivity contribution >= 4 is 35.1 Å². The summed E-state index contributed by atoms with van der Waals surface area (Å²) in [6.45, 7) is 0.572. The van der Waals surface area contributed by atoms with Crippen LogP contribution in [0.3, 0.4) is 0 Å². The molecule has 4 rings (SSSR count). The molecule has 0 aromatic heterocycles. The number of benzene rings is 4. The van der Waals surface area contributed by atoms with Gasteiger partial charge >= 0.3 is 5.97 Å². The molecule has 0 saturated carbocycles. The van der Waals surface area contributed by atoms with E-state index in [0.717, 1.165) is 38.5 Å². The smallest absolute Gasteiger partial charge is 0.341 e. The highest BCUT2D eigenvalue weighted by Crippen LogP contribution is 2.41. The highest BCUT2D eigenvalue weighted by Gasteiger charge is 2.20. The number of hydrogen-bond acceptors (Lipinski definition) is 5. The first-order valence-electron chi connectivity index (χ1n) is 14.8. The largest absolute Gasteiger partial charge is 0.494 e. The van der Waals surface area contributed by atoms with Gasteiger partial charge in [-0.15, -0.1) is 0 Å². The van der Waals surface area contributed by atoms with Crippen LogP contribution < -0.4 is 14.8 Å². The predicted molar refractivity (Wildman–Crippen MR) is 177 cm³/mol. The normalized spacial score (nSPS) is 10.6. The lowest BCUT2D eigenvalue weighted by molar-refractivity contribution is -0.139. The molecule has 0 heterocycles. The van der Waals surface area contributed by atoms with E-state index in [1.165, 1.54) is 0 Å². The summed E-state index contributed by atoms with van der Waals surface area (Å²) in [6, 6.07) is 26.9. The second-order valence-corrected chi connectivity index (χ2v) is 11.3. The number of carboxylic acid groups (broad SMARTS) is 1. The van der Waals surface area contributed by atoms with Crippen LogP contribution in [0.1, 0.15) is 54.4 Å². The molecule has 7 nitrogen and oxygen atoms in total. The Hall–Kier alpha value is -4.51.